The highest BCUT2D eigenvalue weighted by Crippen LogP contribution is 2.51. The predicted molar refractivity (Wildman–Crippen MR) is 101 cm³/mol. The molecule has 0 radical (unpaired) electrons. The second-order valence-corrected chi connectivity index (χ2v) is 6.66. The van der Waals surface area contributed by atoms with Crippen molar-refractivity contribution in [1.29, 1.82) is 0 Å². The van der Waals surface area contributed by atoms with Gasteiger partial charge in [-0.2, -0.15) is 0 Å². The molecule has 0 heterocycles. The number of carbonyl (C=O) groups excluding carboxylic acids is 1. The van der Waals surface area contributed by atoms with Crippen LogP contribution in [0.1, 0.15) is 28.8 Å². The zero-order valence-corrected chi connectivity index (χ0v) is 13.9. The molecule has 3 nitrogen and oxygen atoms in total. The van der Waals surface area contributed by atoms with Crippen LogP contribution in [0.15, 0.2) is 72.8 Å². The van der Waals surface area contributed by atoms with E-state index in [1.54, 1.807) is 0 Å². The molecule has 1 aliphatic rings. The van der Waals surface area contributed by atoms with Crippen molar-refractivity contribution in [1.82, 2.24) is 0 Å². The van der Waals surface area contributed by atoms with Gasteiger partial charge in [-0.3, -0.25) is 4.79 Å². The molecule has 0 aliphatic heterocycles. The Morgan fingerprint density at radius 2 is 1.36 bits per heavy atom. The normalized spacial score (nSPS) is 14.9. The Kier molecular flexibility index (Phi) is 3.66. The number of amides is 1. The standard InChI is InChI=1S/C22H20N2O/c23-21(25)18-12-11-17(15-7-3-1-4-8-15)20(22(24)13-14-22)19(18)16-9-5-2-6-10-16/h1-12H,13-14,24H2,(H2,23,25). The van der Waals surface area contributed by atoms with E-state index >= 15 is 0 Å². The van der Waals surface area contributed by atoms with Crippen molar-refractivity contribution in [2.45, 2.75) is 18.4 Å². The molecule has 0 unspecified atom stereocenters. The summed E-state index contributed by atoms with van der Waals surface area (Å²) in [5.74, 6) is -0.427. The van der Waals surface area contributed by atoms with E-state index < -0.39 is 11.4 Å². The average molecular weight is 328 g/mol. The van der Waals surface area contributed by atoms with Crippen LogP contribution < -0.4 is 11.5 Å². The molecule has 1 fully saturated rings. The molecular formula is C22H20N2O. The van der Waals surface area contributed by atoms with Gasteiger partial charge in [0.15, 0.2) is 0 Å². The van der Waals surface area contributed by atoms with E-state index in [0.29, 0.717) is 5.56 Å². The highest BCUT2D eigenvalue weighted by atomic mass is 16.1. The van der Waals surface area contributed by atoms with Crippen molar-refractivity contribution in [3.63, 3.8) is 0 Å². The van der Waals surface area contributed by atoms with E-state index in [-0.39, 0.29) is 0 Å². The van der Waals surface area contributed by atoms with Gasteiger partial charge in [0.05, 0.1) is 0 Å². The molecule has 3 heteroatoms. The lowest BCUT2D eigenvalue weighted by Crippen LogP contribution is -2.23. The number of carbonyl (C=O) groups is 1. The molecule has 0 atom stereocenters. The Morgan fingerprint density at radius 3 is 1.88 bits per heavy atom. The topological polar surface area (TPSA) is 69.1 Å². The minimum absolute atomic E-state index is 0.401. The Balaban J connectivity index is 2.08. The van der Waals surface area contributed by atoms with Gasteiger partial charge in [-0.15, -0.1) is 0 Å². The van der Waals surface area contributed by atoms with Crippen molar-refractivity contribution in [3.8, 4) is 22.3 Å². The summed E-state index contributed by atoms with van der Waals surface area (Å²) in [6.45, 7) is 0. The van der Waals surface area contributed by atoms with Crippen LogP contribution in [0.4, 0.5) is 0 Å². The first-order chi connectivity index (χ1) is 12.1. The number of primary amides is 1. The smallest absolute Gasteiger partial charge is 0.249 e. The van der Waals surface area contributed by atoms with Gasteiger partial charge in [0.1, 0.15) is 0 Å². The SMILES string of the molecule is NC(=O)c1ccc(-c2ccccc2)c(C2(N)CC2)c1-c1ccccc1. The quantitative estimate of drug-likeness (QED) is 0.758. The Bertz CT molecular complexity index is 929. The van der Waals surface area contributed by atoms with Crippen LogP contribution >= 0.6 is 0 Å². The summed E-state index contributed by atoms with van der Waals surface area (Å²) in [6.07, 6.45) is 1.82. The molecule has 4 N–H and O–H groups in total. The molecule has 1 aliphatic carbocycles. The van der Waals surface area contributed by atoms with Crippen LogP contribution in [-0.4, -0.2) is 5.91 Å². The van der Waals surface area contributed by atoms with Crippen molar-refractivity contribution >= 4 is 5.91 Å². The minimum atomic E-state index is -0.427. The molecule has 1 saturated carbocycles. The third-order valence-corrected chi connectivity index (χ3v) is 4.90. The number of hydrogen-bond acceptors (Lipinski definition) is 2. The summed E-state index contributed by atoms with van der Waals surface area (Å²) in [5, 5.41) is 0. The highest BCUT2D eigenvalue weighted by Gasteiger charge is 2.44. The second-order valence-electron chi connectivity index (χ2n) is 6.66. The van der Waals surface area contributed by atoms with Crippen LogP contribution in [0, 0.1) is 0 Å². The molecule has 3 aromatic carbocycles. The maximum atomic E-state index is 12.1. The van der Waals surface area contributed by atoms with Gasteiger partial charge in [0.2, 0.25) is 5.91 Å². The first-order valence-electron chi connectivity index (χ1n) is 8.47. The Hall–Kier alpha value is -2.91. The summed E-state index contributed by atoms with van der Waals surface area (Å²) in [5.41, 5.74) is 17.5. The molecule has 25 heavy (non-hydrogen) atoms. The van der Waals surface area contributed by atoms with Crippen LogP contribution in [-0.2, 0) is 5.54 Å². The summed E-state index contributed by atoms with van der Waals surface area (Å²) in [4.78, 5) is 12.1. The molecular weight excluding hydrogens is 308 g/mol. The summed E-state index contributed by atoms with van der Waals surface area (Å²) in [7, 11) is 0. The van der Waals surface area contributed by atoms with E-state index in [4.69, 9.17) is 11.5 Å². The summed E-state index contributed by atoms with van der Waals surface area (Å²) in [6, 6.07) is 23.9. The summed E-state index contributed by atoms with van der Waals surface area (Å²) < 4.78 is 0. The van der Waals surface area contributed by atoms with E-state index in [1.807, 2.05) is 60.7 Å². The lowest BCUT2D eigenvalue weighted by atomic mass is 9.83. The van der Waals surface area contributed by atoms with Gasteiger partial charge in [0, 0.05) is 16.7 Å². The zero-order chi connectivity index (χ0) is 17.4. The third kappa shape index (κ3) is 2.73. The van der Waals surface area contributed by atoms with Gasteiger partial charge >= 0.3 is 0 Å². The molecule has 3 aromatic rings. The second kappa shape index (κ2) is 5.87. The minimum Gasteiger partial charge on any atom is -0.366 e. The van der Waals surface area contributed by atoms with Crippen LogP contribution in [0.5, 0.6) is 0 Å². The van der Waals surface area contributed by atoms with E-state index in [2.05, 4.69) is 12.1 Å². The third-order valence-electron chi connectivity index (χ3n) is 4.90. The van der Waals surface area contributed by atoms with E-state index in [0.717, 1.165) is 40.7 Å². The number of rotatable bonds is 4. The molecule has 4 rings (SSSR count). The van der Waals surface area contributed by atoms with Crippen molar-refractivity contribution in [2.75, 3.05) is 0 Å². The lowest BCUT2D eigenvalue weighted by molar-refractivity contribution is 0.100. The number of benzene rings is 3. The van der Waals surface area contributed by atoms with Crippen LogP contribution in [0.25, 0.3) is 22.3 Å². The first-order valence-corrected chi connectivity index (χ1v) is 8.47. The van der Waals surface area contributed by atoms with Gasteiger partial charge in [-0.1, -0.05) is 66.7 Å². The molecule has 0 aromatic heterocycles. The molecule has 0 saturated heterocycles. The maximum absolute atomic E-state index is 12.1. The van der Waals surface area contributed by atoms with Crippen molar-refractivity contribution in [3.05, 3.63) is 83.9 Å². The number of nitrogens with two attached hydrogens (primary N) is 2. The predicted octanol–water partition coefficient (Wildman–Crippen LogP) is 4.07. The van der Waals surface area contributed by atoms with E-state index in [9.17, 15) is 4.79 Å². The van der Waals surface area contributed by atoms with Gasteiger partial charge in [-0.05, 0) is 41.2 Å². The lowest BCUT2D eigenvalue weighted by Gasteiger charge is -2.23. The fourth-order valence-electron chi connectivity index (χ4n) is 3.47. The fraction of sp³-hybridized carbons (Fsp3) is 0.136. The van der Waals surface area contributed by atoms with Gasteiger partial charge in [-0.25, -0.2) is 0 Å². The Labute approximate surface area is 147 Å². The molecule has 0 spiro atoms. The molecule has 1 amide bonds. The largest absolute Gasteiger partial charge is 0.366 e. The molecule has 124 valence electrons. The zero-order valence-electron chi connectivity index (χ0n) is 13.9. The average Bonchev–Trinajstić information content (AvgIpc) is 3.40. The van der Waals surface area contributed by atoms with Crippen LogP contribution in [0.3, 0.4) is 0 Å². The highest BCUT2D eigenvalue weighted by molar-refractivity contribution is 6.02. The monoisotopic (exact) mass is 328 g/mol. The van der Waals surface area contributed by atoms with E-state index in [1.165, 1.54) is 0 Å². The van der Waals surface area contributed by atoms with Crippen LogP contribution in [0.2, 0.25) is 0 Å². The van der Waals surface area contributed by atoms with Gasteiger partial charge < -0.3 is 11.5 Å². The van der Waals surface area contributed by atoms with Gasteiger partial charge in [0.25, 0.3) is 0 Å². The van der Waals surface area contributed by atoms with Crippen molar-refractivity contribution < 1.29 is 4.79 Å². The molecule has 0 bridgehead atoms. The summed E-state index contributed by atoms with van der Waals surface area (Å²) >= 11 is 0. The maximum Gasteiger partial charge on any atom is 0.249 e. The fourth-order valence-corrected chi connectivity index (χ4v) is 3.47. The number of hydrogen-bond donors (Lipinski definition) is 2. The Morgan fingerprint density at radius 1 is 0.800 bits per heavy atom. The first kappa shape index (κ1) is 15.6. The van der Waals surface area contributed by atoms with Crippen molar-refractivity contribution in [2.24, 2.45) is 11.5 Å².